The van der Waals surface area contributed by atoms with Crippen molar-refractivity contribution in [3.05, 3.63) is 82.4 Å². The highest BCUT2D eigenvalue weighted by Crippen LogP contribution is 2.50. The molecule has 18 nitrogen and oxygen atoms in total. The molecule has 0 bridgehead atoms. The van der Waals surface area contributed by atoms with E-state index in [1.807, 2.05) is 41.5 Å². The lowest BCUT2D eigenvalue weighted by molar-refractivity contribution is -0.143. The van der Waals surface area contributed by atoms with Gasteiger partial charge in [-0.3, -0.25) is 9.59 Å². The topological polar surface area (TPSA) is 211 Å². The predicted octanol–water partition coefficient (Wildman–Crippen LogP) is 11.4. The van der Waals surface area contributed by atoms with E-state index in [0.29, 0.717) is 80.5 Å². The SMILES string of the molecule is COC(=O)N[C@H](C(=O)N1CCC[C@H]1c1nc2cc(F)c([C@H]3CC[C@H](c4cc5[nH]c([C@@H]6CCCN6C(=O)[C@@H](NC(=O)O)[C@@H](C)OC(C)(C)C)nc5cc4F)N3c3cc(F)c(N4CCC(C(C)(C)C)CC4)c(F)c3)cc2[nH]1)[C@@H](C)OC(C)(C)C. The number of carboxylic acid groups (broad SMARTS) is 1. The highest BCUT2D eigenvalue weighted by atomic mass is 19.1. The minimum Gasteiger partial charge on any atom is -0.465 e. The first-order valence-electron chi connectivity index (χ1n) is 28.7. The van der Waals surface area contributed by atoms with Gasteiger partial charge in [-0.05, 0) is 142 Å². The van der Waals surface area contributed by atoms with Crippen LogP contribution in [0.3, 0.4) is 0 Å². The molecule has 4 aliphatic heterocycles. The number of hydrogen-bond donors (Lipinski definition) is 5. The zero-order valence-corrected chi connectivity index (χ0v) is 49.1. The molecule has 3 aromatic carbocycles. The van der Waals surface area contributed by atoms with Crippen LogP contribution in [-0.2, 0) is 23.8 Å². The summed E-state index contributed by atoms with van der Waals surface area (Å²) in [6, 6.07) is 3.00. The van der Waals surface area contributed by atoms with Gasteiger partial charge in [0.05, 0.1) is 76.8 Å². The van der Waals surface area contributed by atoms with Crippen molar-refractivity contribution < 1.29 is 56.1 Å². The molecule has 82 heavy (non-hydrogen) atoms. The second kappa shape index (κ2) is 23.2. The van der Waals surface area contributed by atoms with Crippen LogP contribution in [-0.4, -0.2) is 128 Å². The van der Waals surface area contributed by atoms with Crippen LogP contribution in [0.4, 0.5) is 38.5 Å². The van der Waals surface area contributed by atoms with Gasteiger partial charge in [0.2, 0.25) is 11.8 Å². The van der Waals surface area contributed by atoms with Crippen LogP contribution in [0.2, 0.25) is 0 Å². The number of amides is 4. The summed E-state index contributed by atoms with van der Waals surface area (Å²) in [5.41, 5.74) is 0.369. The number of rotatable bonds is 14. The van der Waals surface area contributed by atoms with E-state index in [0.717, 1.165) is 12.8 Å². The molecule has 4 aliphatic rings. The number of piperidine rings is 1. The summed E-state index contributed by atoms with van der Waals surface area (Å²) in [5.74, 6) is -2.69. The van der Waals surface area contributed by atoms with Crippen molar-refractivity contribution in [1.29, 1.82) is 0 Å². The number of alkyl carbamates (subject to hydrolysis) is 1. The fourth-order valence-electron chi connectivity index (χ4n) is 13.0. The summed E-state index contributed by atoms with van der Waals surface area (Å²) >= 11 is 0. The zero-order valence-electron chi connectivity index (χ0n) is 49.1. The van der Waals surface area contributed by atoms with Gasteiger partial charge in [-0.1, -0.05) is 20.8 Å². The van der Waals surface area contributed by atoms with Gasteiger partial charge >= 0.3 is 12.2 Å². The number of nitrogens with one attached hydrogen (secondary N) is 4. The number of methoxy groups -OCH3 is 1. The van der Waals surface area contributed by atoms with E-state index in [1.54, 1.807) is 45.6 Å². The van der Waals surface area contributed by atoms with Crippen LogP contribution >= 0.6 is 0 Å². The summed E-state index contributed by atoms with van der Waals surface area (Å²) in [6.45, 7) is 22.4. The molecule has 5 N–H and O–H groups in total. The van der Waals surface area contributed by atoms with Crippen molar-refractivity contribution in [2.45, 2.75) is 187 Å². The van der Waals surface area contributed by atoms with E-state index in [1.165, 1.54) is 31.4 Å². The van der Waals surface area contributed by atoms with Crippen LogP contribution in [0.1, 0.15) is 174 Å². The number of benzene rings is 3. The number of carbonyl (C=O) groups excluding carboxylic acids is 3. The summed E-state index contributed by atoms with van der Waals surface area (Å²) in [6.07, 6.45) is 0.438. The number of aromatic amines is 2. The number of aromatic nitrogens is 4. The first-order valence-corrected chi connectivity index (χ1v) is 28.7. The van der Waals surface area contributed by atoms with Crippen molar-refractivity contribution in [1.82, 2.24) is 40.4 Å². The van der Waals surface area contributed by atoms with E-state index >= 15 is 17.6 Å². The molecule has 0 spiro atoms. The number of nitrogens with zero attached hydrogens (tertiary/aromatic N) is 6. The van der Waals surface area contributed by atoms with Crippen LogP contribution in [0, 0.1) is 34.6 Å². The molecule has 0 radical (unpaired) electrons. The van der Waals surface area contributed by atoms with Gasteiger partial charge in [0, 0.05) is 55.1 Å². The number of fused-ring (bicyclic) bond motifs is 2. The number of likely N-dealkylation sites (tertiary alicyclic amines) is 2. The van der Waals surface area contributed by atoms with E-state index < -0.39 is 107 Å². The molecule has 4 saturated heterocycles. The van der Waals surface area contributed by atoms with E-state index in [4.69, 9.17) is 24.2 Å². The first-order chi connectivity index (χ1) is 38.5. The highest BCUT2D eigenvalue weighted by molar-refractivity contribution is 5.88. The number of ether oxygens (including phenoxy) is 3. The molecular weight excluding hydrogens is 1060 g/mol. The standard InChI is InChI=1S/C60H80F4N10O8/c1-31(81-59(6,7)8)49(69-56(77)78)54(75)72-21-13-15-47(72)52-65-41-27-35(37(61)29-43(41)67-52)45-17-18-46(74(45)34-25-39(63)51(40(64)26-34)71-23-19-33(20-24-71)58(3,4)5)36-28-42-44(30-38(36)62)68-53(66-42)48-16-14-22-73(48)55(76)50(70-57(79)80-12)32(2)82-60(9,10)11/h25-33,45-50,69H,13-24H2,1-12H3,(H,65,67)(H,66,68)(H,70,79)(H,77,78)/t31-,32-,45-,46-,47+,48+,49+,50+/m1/s1. The molecule has 9 rings (SSSR count). The molecule has 4 fully saturated rings. The Morgan fingerprint density at radius 2 is 1.05 bits per heavy atom. The Hall–Kier alpha value is -6.68. The lowest BCUT2D eigenvalue weighted by atomic mass is 9.75. The number of hydrogen-bond acceptors (Lipinski definition) is 11. The summed E-state index contributed by atoms with van der Waals surface area (Å²) < 4.78 is 84.9. The third-order valence-electron chi connectivity index (χ3n) is 16.7. The molecule has 2 aromatic heterocycles. The maximum absolute atomic E-state index is 17.1. The lowest BCUT2D eigenvalue weighted by Gasteiger charge is -2.40. The van der Waals surface area contributed by atoms with Crippen LogP contribution in [0.15, 0.2) is 36.4 Å². The highest BCUT2D eigenvalue weighted by Gasteiger charge is 2.44. The van der Waals surface area contributed by atoms with Gasteiger partial charge in [0.25, 0.3) is 0 Å². The van der Waals surface area contributed by atoms with Gasteiger partial charge < -0.3 is 59.5 Å². The minimum atomic E-state index is -1.38. The maximum Gasteiger partial charge on any atom is 0.407 e. The second-order valence-corrected chi connectivity index (χ2v) is 25.7. The Labute approximate surface area is 476 Å². The number of H-pyrrole nitrogens is 2. The average Bonchev–Trinajstić information content (AvgIpc) is 3.40. The summed E-state index contributed by atoms with van der Waals surface area (Å²) in [5, 5.41) is 14.7. The number of halogens is 4. The van der Waals surface area contributed by atoms with Crippen molar-refractivity contribution in [3.63, 3.8) is 0 Å². The molecule has 4 amide bonds. The Balaban J connectivity index is 1.07. The molecule has 6 heterocycles. The molecule has 5 aromatic rings. The normalized spacial score (nSPS) is 21.8. The molecule has 0 aliphatic carbocycles. The first kappa shape index (κ1) is 59.9. The van der Waals surface area contributed by atoms with E-state index in [9.17, 15) is 24.3 Å². The van der Waals surface area contributed by atoms with Crippen molar-refractivity contribution in [2.24, 2.45) is 11.3 Å². The van der Waals surface area contributed by atoms with Gasteiger partial charge in [0.1, 0.15) is 41.1 Å². The van der Waals surface area contributed by atoms with Crippen LogP contribution in [0.25, 0.3) is 22.1 Å². The third kappa shape index (κ3) is 12.6. The van der Waals surface area contributed by atoms with Crippen molar-refractivity contribution in [3.8, 4) is 0 Å². The molecule has 446 valence electrons. The Kier molecular flexibility index (Phi) is 16.9. The number of carbonyl (C=O) groups is 4. The van der Waals surface area contributed by atoms with Crippen molar-refractivity contribution in [2.75, 3.05) is 43.1 Å². The maximum atomic E-state index is 17.1. The fourth-order valence-corrected chi connectivity index (χ4v) is 13.0. The lowest BCUT2D eigenvalue weighted by Crippen LogP contribution is -2.55. The quantitative estimate of drug-likeness (QED) is 0.0658. The molecule has 22 heteroatoms. The van der Waals surface area contributed by atoms with E-state index in [2.05, 4.69) is 41.4 Å². The smallest absolute Gasteiger partial charge is 0.407 e. The third-order valence-corrected chi connectivity index (χ3v) is 16.7. The monoisotopic (exact) mass is 1140 g/mol. The Bertz CT molecular complexity index is 3170. The molecule has 0 unspecified atom stereocenters. The van der Waals surface area contributed by atoms with Gasteiger partial charge in [-0.2, -0.15) is 0 Å². The summed E-state index contributed by atoms with van der Waals surface area (Å²) in [4.78, 5) is 75.9. The minimum absolute atomic E-state index is 0.0320. The number of anilines is 2. The van der Waals surface area contributed by atoms with Gasteiger partial charge in [0.15, 0.2) is 11.6 Å². The zero-order chi connectivity index (χ0) is 59.5. The Morgan fingerprint density at radius 3 is 1.45 bits per heavy atom. The predicted molar refractivity (Wildman–Crippen MR) is 302 cm³/mol. The number of imidazole rings is 2. The molecule has 8 atom stereocenters. The molecule has 0 saturated carbocycles. The van der Waals surface area contributed by atoms with Gasteiger partial charge in [-0.25, -0.2) is 37.1 Å². The van der Waals surface area contributed by atoms with Crippen LogP contribution in [0.5, 0.6) is 0 Å². The largest absolute Gasteiger partial charge is 0.465 e. The van der Waals surface area contributed by atoms with Gasteiger partial charge in [-0.15, -0.1) is 0 Å². The second-order valence-electron chi connectivity index (χ2n) is 25.7. The molecular formula is C60H80F4N10O8. The average molecular weight is 1150 g/mol. The fraction of sp³-hybridized carbons (Fsp3) is 0.600. The van der Waals surface area contributed by atoms with Crippen molar-refractivity contribution >= 4 is 57.4 Å². The van der Waals surface area contributed by atoms with Crippen LogP contribution < -0.4 is 20.4 Å². The summed E-state index contributed by atoms with van der Waals surface area (Å²) in [7, 11) is 1.21. The van der Waals surface area contributed by atoms with E-state index in [-0.39, 0.29) is 51.8 Å². The Morgan fingerprint density at radius 1 is 0.610 bits per heavy atom.